The summed E-state index contributed by atoms with van der Waals surface area (Å²) in [4.78, 5) is 52.6. The summed E-state index contributed by atoms with van der Waals surface area (Å²) in [6.45, 7) is 2.88. The molecule has 214 valence electrons. The van der Waals surface area contributed by atoms with Gasteiger partial charge in [-0.3, -0.25) is 33.2 Å². The van der Waals surface area contributed by atoms with Crippen LogP contribution in [0, 0.1) is 6.92 Å². The van der Waals surface area contributed by atoms with E-state index in [0.717, 1.165) is 15.4 Å². The van der Waals surface area contributed by atoms with Crippen molar-refractivity contribution in [3.05, 3.63) is 59.2 Å². The molecule has 12 nitrogen and oxygen atoms in total. The van der Waals surface area contributed by atoms with Crippen LogP contribution in [-0.4, -0.2) is 94.5 Å². The fourth-order valence-corrected chi connectivity index (χ4v) is 5.32. The number of fused-ring (bicyclic) bond motifs is 1. The van der Waals surface area contributed by atoms with Crippen molar-refractivity contribution in [3.8, 4) is 0 Å². The summed E-state index contributed by atoms with van der Waals surface area (Å²) in [5.41, 5.74) is 1.77. The molecule has 2 aromatic rings. The topological polar surface area (TPSA) is 149 Å². The maximum atomic E-state index is 13.2. The number of rotatable bonds is 13. The lowest BCUT2D eigenvalue weighted by molar-refractivity contribution is -0.149. The molecule has 0 aliphatic carbocycles. The van der Waals surface area contributed by atoms with Gasteiger partial charge in [0.15, 0.2) is 0 Å². The number of ether oxygens (including phenoxy) is 2. The number of imide groups is 2. The molecule has 1 N–H and O–H groups in total. The van der Waals surface area contributed by atoms with Crippen molar-refractivity contribution in [2.45, 2.75) is 30.7 Å². The Kier molecular flexibility index (Phi) is 9.30. The molecule has 1 unspecified atom stereocenters. The van der Waals surface area contributed by atoms with Gasteiger partial charge in [0.1, 0.15) is 6.04 Å². The largest absolute Gasteiger partial charge is 0.382 e. The first kappa shape index (κ1) is 29.3. The number of aryl methyl sites for hydroxylation is 1. The number of piperidine rings is 1. The van der Waals surface area contributed by atoms with Crippen molar-refractivity contribution in [2.75, 3.05) is 51.9 Å². The zero-order valence-corrected chi connectivity index (χ0v) is 23.1. The number of hydrogen-bond donors (Lipinski definition) is 1. The third-order valence-corrected chi connectivity index (χ3v) is 7.92. The molecule has 0 spiro atoms. The van der Waals surface area contributed by atoms with Crippen LogP contribution in [0.1, 0.15) is 39.1 Å². The summed E-state index contributed by atoms with van der Waals surface area (Å²) in [5.74, 6) is -2.06. The van der Waals surface area contributed by atoms with Gasteiger partial charge in [-0.15, -0.1) is 0 Å². The van der Waals surface area contributed by atoms with E-state index in [1.165, 1.54) is 25.2 Å². The van der Waals surface area contributed by atoms with Gasteiger partial charge in [0, 0.05) is 25.7 Å². The van der Waals surface area contributed by atoms with Gasteiger partial charge < -0.3 is 14.8 Å². The standard InChI is InChI=1S/C27H31N3O9S/c1-18-6-8-19(9-7-18)40(35,36)39-17-16-38-15-14-37-13-12-28-21-5-3-4-20-24(21)27(34)30(25(20)32)22-10-11-23(31)29(2)26(22)33/h3-9,22,28H,10-17H2,1-2H3. The van der Waals surface area contributed by atoms with E-state index in [1.807, 2.05) is 6.92 Å². The van der Waals surface area contributed by atoms with E-state index in [9.17, 15) is 27.6 Å². The van der Waals surface area contributed by atoms with Gasteiger partial charge in [0.25, 0.3) is 27.8 Å². The summed E-state index contributed by atoms with van der Waals surface area (Å²) in [7, 11) is -2.49. The van der Waals surface area contributed by atoms with Crippen LogP contribution in [0.4, 0.5) is 5.69 Å². The summed E-state index contributed by atoms with van der Waals surface area (Å²) in [6, 6.07) is 10.2. The minimum Gasteiger partial charge on any atom is -0.382 e. The molecule has 1 saturated heterocycles. The summed E-state index contributed by atoms with van der Waals surface area (Å²) in [6.07, 6.45) is 0.173. The minimum absolute atomic E-state index is 0.0724. The van der Waals surface area contributed by atoms with Crippen LogP contribution < -0.4 is 5.32 Å². The Bertz CT molecular complexity index is 1390. The normalized spacial score (nSPS) is 17.5. The average molecular weight is 574 g/mol. The molecule has 40 heavy (non-hydrogen) atoms. The first-order valence-corrected chi connectivity index (χ1v) is 14.2. The predicted octanol–water partition coefficient (Wildman–Crippen LogP) is 1.59. The Labute approximate surface area is 232 Å². The number of anilines is 1. The van der Waals surface area contributed by atoms with Gasteiger partial charge in [-0.1, -0.05) is 23.8 Å². The number of hydrogen-bond acceptors (Lipinski definition) is 10. The van der Waals surface area contributed by atoms with Gasteiger partial charge in [-0.2, -0.15) is 8.42 Å². The van der Waals surface area contributed by atoms with E-state index >= 15 is 0 Å². The highest BCUT2D eigenvalue weighted by Gasteiger charge is 2.47. The van der Waals surface area contributed by atoms with E-state index in [2.05, 4.69) is 5.32 Å². The molecule has 2 aromatic carbocycles. The van der Waals surface area contributed by atoms with Gasteiger partial charge in [-0.05, 0) is 37.6 Å². The number of nitrogens with zero attached hydrogens (tertiary/aromatic N) is 2. The second-order valence-electron chi connectivity index (χ2n) is 9.29. The summed E-state index contributed by atoms with van der Waals surface area (Å²) >= 11 is 0. The number of nitrogens with one attached hydrogen (secondary N) is 1. The van der Waals surface area contributed by atoms with E-state index in [1.54, 1.807) is 24.3 Å². The maximum Gasteiger partial charge on any atom is 0.297 e. The van der Waals surface area contributed by atoms with Crippen molar-refractivity contribution in [1.82, 2.24) is 9.80 Å². The van der Waals surface area contributed by atoms with Crippen molar-refractivity contribution in [2.24, 2.45) is 0 Å². The van der Waals surface area contributed by atoms with E-state index in [4.69, 9.17) is 13.7 Å². The quantitative estimate of drug-likeness (QED) is 0.213. The molecule has 4 amide bonds. The first-order chi connectivity index (χ1) is 19.1. The number of benzene rings is 2. The van der Waals surface area contributed by atoms with E-state index < -0.39 is 33.9 Å². The Morgan fingerprint density at radius 2 is 1.57 bits per heavy atom. The Balaban J connectivity index is 1.17. The molecule has 0 radical (unpaired) electrons. The highest BCUT2D eigenvalue weighted by Crippen LogP contribution is 2.33. The van der Waals surface area contributed by atoms with Crippen molar-refractivity contribution in [3.63, 3.8) is 0 Å². The molecule has 1 atom stereocenters. The van der Waals surface area contributed by atoms with Gasteiger partial charge in [0.05, 0.1) is 49.1 Å². The van der Waals surface area contributed by atoms with Crippen LogP contribution in [0.25, 0.3) is 0 Å². The van der Waals surface area contributed by atoms with Gasteiger partial charge in [-0.25, -0.2) is 0 Å². The van der Waals surface area contributed by atoms with E-state index in [-0.39, 0.29) is 67.8 Å². The number of carbonyl (C=O) groups excluding carboxylic acids is 4. The Morgan fingerprint density at radius 1 is 0.900 bits per heavy atom. The SMILES string of the molecule is Cc1ccc(S(=O)(=O)OCCOCCOCCNc2cccc3c2C(=O)N(C2CCC(=O)N(C)C2=O)C3=O)cc1. The van der Waals surface area contributed by atoms with Crippen molar-refractivity contribution < 1.29 is 41.3 Å². The van der Waals surface area contributed by atoms with Crippen LogP contribution >= 0.6 is 0 Å². The van der Waals surface area contributed by atoms with Crippen LogP contribution in [0.3, 0.4) is 0 Å². The number of likely N-dealkylation sites (tertiary alicyclic amines) is 1. The smallest absolute Gasteiger partial charge is 0.297 e. The first-order valence-electron chi connectivity index (χ1n) is 12.8. The fraction of sp³-hybridized carbons (Fsp3) is 0.407. The molecular formula is C27H31N3O9S. The molecule has 2 aliphatic rings. The maximum absolute atomic E-state index is 13.2. The number of amides is 4. The van der Waals surface area contributed by atoms with E-state index in [0.29, 0.717) is 12.2 Å². The summed E-state index contributed by atoms with van der Waals surface area (Å²) in [5, 5.41) is 3.09. The third kappa shape index (κ3) is 6.39. The zero-order valence-electron chi connectivity index (χ0n) is 22.3. The number of likely N-dealkylation sites (N-methyl/N-ethyl adjacent to an activating group) is 1. The molecule has 1 fully saturated rings. The Morgan fingerprint density at radius 3 is 2.30 bits per heavy atom. The molecule has 0 saturated carbocycles. The molecule has 0 bridgehead atoms. The lowest BCUT2D eigenvalue weighted by atomic mass is 10.0. The minimum atomic E-state index is -3.84. The third-order valence-electron chi connectivity index (χ3n) is 6.59. The average Bonchev–Trinajstić information content (AvgIpc) is 3.19. The highest BCUT2D eigenvalue weighted by atomic mass is 32.2. The lowest BCUT2D eigenvalue weighted by Crippen LogP contribution is -2.54. The monoisotopic (exact) mass is 573 g/mol. The van der Waals surface area contributed by atoms with Crippen LogP contribution in [0.5, 0.6) is 0 Å². The van der Waals surface area contributed by atoms with Crippen molar-refractivity contribution in [1.29, 1.82) is 0 Å². The van der Waals surface area contributed by atoms with Crippen LogP contribution in [0.2, 0.25) is 0 Å². The fourth-order valence-electron chi connectivity index (χ4n) is 4.43. The molecular weight excluding hydrogens is 542 g/mol. The Hall–Kier alpha value is -3.65. The van der Waals surface area contributed by atoms with Crippen LogP contribution in [0.15, 0.2) is 47.4 Å². The second-order valence-corrected chi connectivity index (χ2v) is 10.9. The molecule has 13 heteroatoms. The number of carbonyl (C=O) groups is 4. The van der Waals surface area contributed by atoms with Gasteiger partial charge >= 0.3 is 0 Å². The second kappa shape index (κ2) is 12.7. The lowest BCUT2D eigenvalue weighted by Gasteiger charge is -2.32. The van der Waals surface area contributed by atoms with Crippen molar-refractivity contribution >= 4 is 39.4 Å². The highest BCUT2D eigenvalue weighted by molar-refractivity contribution is 7.86. The predicted molar refractivity (Wildman–Crippen MR) is 142 cm³/mol. The molecule has 4 rings (SSSR count). The molecule has 2 aliphatic heterocycles. The summed E-state index contributed by atoms with van der Waals surface area (Å²) < 4.78 is 40.1. The molecule has 0 aromatic heterocycles. The van der Waals surface area contributed by atoms with Gasteiger partial charge in [0.2, 0.25) is 5.91 Å². The van der Waals surface area contributed by atoms with Crippen LogP contribution in [-0.2, 0) is 33.4 Å². The zero-order chi connectivity index (χ0) is 28.9. The molecule has 2 heterocycles.